The summed E-state index contributed by atoms with van der Waals surface area (Å²) in [6, 6.07) is 35.3. The van der Waals surface area contributed by atoms with E-state index in [0.29, 0.717) is 76.8 Å². The maximum Gasteiger partial charge on any atom is 0.407 e. The van der Waals surface area contributed by atoms with Gasteiger partial charge in [0.25, 0.3) is 11.8 Å². The lowest BCUT2D eigenvalue weighted by molar-refractivity contribution is 0.0301. The van der Waals surface area contributed by atoms with Crippen LogP contribution in [0.2, 0.25) is 0 Å². The van der Waals surface area contributed by atoms with Gasteiger partial charge in [-0.15, -0.1) is 0 Å². The van der Waals surface area contributed by atoms with E-state index in [9.17, 15) is 14.4 Å². The number of rotatable bonds is 9. The predicted octanol–water partition coefficient (Wildman–Crippen LogP) is 8.01. The molecule has 16 nitrogen and oxygen atoms in total. The fraction of sp³-hybridized carbons (Fsp3) is 0.264. The molecule has 0 bridgehead atoms. The van der Waals surface area contributed by atoms with Crippen molar-refractivity contribution < 1.29 is 28.6 Å². The summed E-state index contributed by atoms with van der Waals surface area (Å²) in [4.78, 5) is 65.6. The third-order valence-corrected chi connectivity index (χ3v) is 11.9. The third-order valence-electron chi connectivity index (χ3n) is 11.9. The molecule has 0 saturated carbocycles. The van der Waals surface area contributed by atoms with Gasteiger partial charge in [0.05, 0.1) is 37.8 Å². The smallest absolute Gasteiger partial charge is 0.407 e. The van der Waals surface area contributed by atoms with Crippen LogP contribution in [-0.4, -0.2) is 116 Å². The number of nitrogens with zero attached hydrogens (tertiary/aromatic N) is 6. The predicted molar refractivity (Wildman–Crippen MR) is 264 cm³/mol. The molecule has 6 heterocycles. The SMILES string of the molecule is CC(C)(C)OC(=O)NCc1ccc(-c2ncnc3[nH]c(-c4ccc(C(=O)N5CCOCC5)cc4)cc23)cc1.NCc1ccc(-c2ncnc3[nH]c(-c4ccc(C(=O)N5CCOCC5)cc4)cc23)cc1. The molecule has 0 unspecified atom stereocenters. The number of hydrogen-bond donors (Lipinski definition) is 4. The fourth-order valence-electron chi connectivity index (χ4n) is 8.20. The molecule has 2 aliphatic rings. The number of fused-ring (bicyclic) bond motifs is 2. The molecule has 8 aromatic rings. The van der Waals surface area contributed by atoms with Crippen molar-refractivity contribution in [2.45, 2.75) is 39.5 Å². The van der Waals surface area contributed by atoms with Gasteiger partial charge >= 0.3 is 6.09 Å². The number of benzene rings is 4. The fourth-order valence-corrected chi connectivity index (χ4v) is 8.20. The number of morpholine rings is 2. The lowest BCUT2D eigenvalue weighted by Crippen LogP contribution is -2.40. The Balaban J connectivity index is 0.000000175. The second kappa shape index (κ2) is 20.6. The standard InChI is InChI=1S/C29H31N5O4.C24H23N5O2/c1-29(2,3)38-28(36)30-17-19-4-6-21(7-5-19)25-23-16-24(33-26(23)32-18-31-25)20-8-10-22(11-9-20)27(35)34-12-14-37-15-13-34;25-14-16-1-3-18(4-2-16)22-20-13-21(28-23(20)27-15-26-22)17-5-7-19(8-6-17)24(30)29-9-11-31-12-10-29/h4-11,16,18H,12-15,17H2,1-3H3,(H,30,36)(H,31,32,33);1-8,13,15H,9-12,14,25H2,(H,26,27,28). The summed E-state index contributed by atoms with van der Waals surface area (Å²) in [7, 11) is 0. The zero-order chi connectivity index (χ0) is 47.9. The highest BCUT2D eigenvalue weighted by Crippen LogP contribution is 2.32. The number of carbonyl (C=O) groups excluding carboxylic acids is 3. The molecule has 0 radical (unpaired) electrons. The Morgan fingerprint density at radius 2 is 1.00 bits per heavy atom. The van der Waals surface area contributed by atoms with Crippen LogP contribution < -0.4 is 11.1 Å². The lowest BCUT2D eigenvalue weighted by Gasteiger charge is -2.26. The van der Waals surface area contributed by atoms with Gasteiger partial charge in [-0.2, -0.15) is 0 Å². The molecule has 2 fully saturated rings. The van der Waals surface area contributed by atoms with E-state index in [2.05, 4.69) is 41.3 Å². The number of H-pyrrole nitrogens is 2. The van der Waals surface area contributed by atoms with Crippen LogP contribution in [0.15, 0.2) is 122 Å². The van der Waals surface area contributed by atoms with Crippen LogP contribution in [0.5, 0.6) is 0 Å². The van der Waals surface area contributed by atoms with Gasteiger partial charge in [0.2, 0.25) is 0 Å². The van der Waals surface area contributed by atoms with Gasteiger partial charge in [-0.1, -0.05) is 72.8 Å². The molecule has 10 rings (SSSR count). The number of carbonyl (C=O) groups is 3. The van der Waals surface area contributed by atoms with Gasteiger partial charge in [0.1, 0.15) is 29.6 Å². The Morgan fingerprint density at radius 3 is 1.41 bits per heavy atom. The van der Waals surface area contributed by atoms with E-state index in [1.807, 2.05) is 134 Å². The van der Waals surface area contributed by atoms with E-state index >= 15 is 0 Å². The molecule has 16 heteroatoms. The number of aromatic nitrogens is 6. The number of aromatic amines is 2. The minimum absolute atomic E-state index is 0.0226. The van der Waals surface area contributed by atoms with Crippen LogP contribution >= 0.6 is 0 Å². The van der Waals surface area contributed by atoms with Gasteiger partial charge in [-0.05, 0) is 79.4 Å². The molecule has 5 N–H and O–H groups in total. The largest absolute Gasteiger partial charge is 0.444 e. The molecule has 4 aromatic heterocycles. The summed E-state index contributed by atoms with van der Waals surface area (Å²) in [6.07, 6.45) is 2.66. The highest BCUT2D eigenvalue weighted by molar-refractivity contribution is 5.98. The summed E-state index contributed by atoms with van der Waals surface area (Å²) >= 11 is 0. The van der Waals surface area contributed by atoms with Crippen LogP contribution in [-0.2, 0) is 27.3 Å². The average Bonchev–Trinajstić information content (AvgIpc) is 4.04. The van der Waals surface area contributed by atoms with Crippen molar-refractivity contribution >= 4 is 40.0 Å². The Bertz CT molecular complexity index is 3060. The monoisotopic (exact) mass is 926 g/mol. The van der Waals surface area contributed by atoms with Crippen LogP contribution in [0.3, 0.4) is 0 Å². The molecule has 4 aromatic carbocycles. The van der Waals surface area contributed by atoms with Crippen molar-refractivity contribution in [3.63, 3.8) is 0 Å². The quantitative estimate of drug-likeness (QED) is 0.109. The van der Waals surface area contributed by atoms with E-state index in [0.717, 1.165) is 78.2 Å². The second-order valence-corrected chi connectivity index (χ2v) is 17.8. The Hall–Kier alpha value is -7.79. The first-order valence-electron chi connectivity index (χ1n) is 23.0. The van der Waals surface area contributed by atoms with Crippen molar-refractivity contribution in [1.82, 2.24) is 45.0 Å². The van der Waals surface area contributed by atoms with Crippen molar-refractivity contribution in [2.24, 2.45) is 5.73 Å². The number of amides is 3. The minimum Gasteiger partial charge on any atom is -0.444 e. The van der Waals surface area contributed by atoms with Crippen LogP contribution in [0.1, 0.15) is 52.6 Å². The molecule has 69 heavy (non-hydrogen) atoms. The van der Waals surface area contributed by atoms with E-state index in [4.69, 9.17) is 19.9 Å². The normalized spacial score (nSPS) is 14.0. The molecule has 0 atom stereocenters. The van der Waals surface area contributed by atoms with E-state index in [1.165, 1.54) is 0 Å². The summed E-state index contributed by atoms with van der Waals surface area (Å²) in [5, 5.41) is 4.62. The number of alkyl carbamates (subject to hydrolysis) is 1. The number of nitrogens with one attached hydrogen (secondary N) is 3. The van der Waals surface area contributed by atoms with Gasteiger partial charge in [-0.3, -0.25) is 9.59 Å². The van der Waals surface area contributed by atoms with Crippen molar-refractivity contribution in [1.29, 1.82) is 0 Å². The Labute approximate surface area is 399 Å². The highest BCUT2D eigenvalue weighted by atomic mass is 16.6. The van der Waals surface area contributed by atoms with Gasteiger partial charge < -0.3 is 45.0 Å². The number of nitrogens with two attached hydrogens (primary N) is 1. The molecular formula is C53H54N10O6. The molecule has 0 aliphatic carbocycles. The summed E-state index contributed by atoms with van der Waals surface area (Å²) in [5.74, 6) is 0.0648. The second-order valence-electron chi connectivity index (χ2n) is 17.8. The van der Waals surface area contributed by atoms with Crippen LogP contribution in [0.25, 0.3) is 67.1 Å². The number of hydrogen-bond acceptors (Lipinski definition) is 11. The minimum atomic E-state index is -0.538. The lowest BCUT2D eigenvalue weighted by atomic mass is 10.1. The first-order chi connectivity index (χ1) is 33.5. The highest BCUT2D eigenvalue weighted by Gasteiger charge is 2.21. The zero-order valence-corrected chi connectivity index (χ0v) is 38.8. The van der Waals surface area contributed by atoms with Crippen molar-refractivity contribution in [3.05, 3.63) is 144 Å². The topological polar surface area (TPSA) is 207 Å². The molecule has 2 saturated heterocycles. The molecule has 352 valence electrons. The maximum atomic E-state index is 12.8. The molecule has 3 amide bonds. The molecule has 2 aliphatic heterocycles. The van der Waals surface area contributed by atoms with E-state index < -0.39 is 11.7 Å². The summed E-state index contributed by atoms with van der Waals surface area (Å²) < 4.78 is 16.0. The van der Waals surface area contributed by atoms with Crippen LogP contribution in [0.4, 0.5) is 4.79 Å². The number of ether oxygens (including phenoxy) is 3. The first-order valence-corrected chi connectivity index (χ1v) is 23.0. The average molecular weight is 927 g/mol. The van der Waals surface area contributed by atoms with Gasteiger partial charge in [0, 0.05) is 83.7 Å². The van der Waals surface area contributed by atoms with E-state index in [1.54, 1.807) is 12.7 Å². The summed E-state index contributed by atoms with van der Waals surface area (Å²) in [5.41, 5.74) is 17.5. The Morgan fingerprint density at radius 1 is 0.594 bits per heavy atom. The van der Waals surface area contributed by atoms with Crippen molar-refractivity contribution in [2.75, 3.05) is 52.6 Å². The van der Waals surface area contributed by atoms with Crippen molar-refractivity contribution in [3.8, 4) is 45.0 Å². The van der Waals surface area contributed by atoms with Gasteiger partial charge in [-0.25, -0.2) is 24.7 Å². The zero-order valence-electron chi connectivity index (χ0n) is 38.8. The first kappa shape index (κ1) is 46.3. The molecular weight excluding hydrogens is 873 g/mol. The van der Waals surface area contributed by atoms with Crippen LogP contribution in [0, 0.1) is 0 Å². The van der Waals surface area contributed by atoms with E-state index in [-0.39, 0.29) is 11.8 Å². The van der Waals surface area contributed by atoms with Gasteiger partial charge in [0.15, 0.2) is 0 Å². The third kappa shape index (κ3) is 11.0. The molecule has 0 spiro atoms. The Kier molecular flexibility index (Phi) is 13.8. The summed E-state index contributed by atoms with van der Waals surface area (Å²) in [6.45, 7) is 11.2. The maximum absolute atomic E-state index is 12.8.